The summed E-state index contributed by atoms with van der Waals surface area (Å²) in [4.78, 5) is 9.34. The van der Waals surface area contributed by atoms with Gasteiger partial charge in [0, 0.05) is 37.9 Å². The van der Waals surface area contributed by atoms with Crippen molar-refractivity contribution in [3.8, 4) is 0 Å². The minimum atomic E-state index is 0.266. The Morgan fingerprint density at radius 2 is 1.89 bits per heavy atom. The highest BCUT2D eigenvalue weighted by Gasteiger charge is 2.26. The Kier molecular flexibility index (Phi) is 3.71. The van der Waals surface area contributed by atoms with Gasteiger partial charge in [0.1, 0.15) is 5.82 Å². The molecular formula is C15H23N3. The van der Waals surface area contributed by atoms with Crippen LogP contribution in [-0.4, -0.2) is 41.6 Å². The molecule has 0 aromatic carbocycles. The molecule has 0 bridgehead atoms. The fourth-order valence-corrected chi connectivity index (χ4v) is 2.34. The molecule has 1 aliphatic rings. The number of rotatable bonds is 2. The SMILES string of the molecule is C=Cc1ccnc(N2CCN(C(C)(C)C)CC2)c1. The lowest BCUT2D eigenvalue weighted by Crippen LogP contribution is -2.53. The maximum Gasteiger partial charge on any atom is 0.129 e. The van der Waals surface area contributed by atoms with Crippen molar-refractivity contribution in [3.05, 3.63) is 30.5 Å². The van der Waals surface area contributed by atoms with Gasteiger partial charge in [0.05, 0.1) is 0 Å². The molecule has 0 unspecified atom stereocenters. The molecule has 0 amide bonds. The molecule has 0 atom stereocenters. The standard InChI is InChI=1S/C15H23N3/c1-5-13-6-7-16-14(12-13)17-8-10-18(11-9-17)15(2,3)4/h5-7,12H,1,8-11H2,2-4H3. The Bertz CT molecular complexity index is 412. The van der Waals surface area contributed by atoms with E-state index in [1.165, 1.54) is 0 Å². The molecule has 0 aliphatic carbocycles. The summed E-state index contributed by atoms with van der Waals surface area (Å²) < 4.78 is 0. The Hall–Kier alpha value is -1.35. The fraction of sp³-hybridized carbons (Fsp3) is 0.533. The zero-order valence-corrected chi connectivity index (χ0v) is 11.7. The van der Waals surface area contributed by atoms with Crippen molar-refractivity contribution < 1.29 is 0 Å². The lowest BCUT2D eigenvalue weighted by molar-refractivity contribution is 0.128. The first-order chi connectivity index (χ1) is 8.50. The third-order valence-corrected chi connectivity index (χ3v) is 3.56. The van der Waals surface area contributed by atoms with Crippen LogP contribution in [0.25, 0.3) is 6.08 Å². The number of nitrogens with zero attached hydrogens (tertiary/aromatic N) is 3. The van der Waals surface area contributed by atoms with Gasteiger partial charge in [-0.1, -0.05) is 12.7 Å². The van der Waals surface area contributed by atoms with Gasteiger partial charge < -0.3 is 4.90 Å². The summed E-state index contributed by atoms with van der Waals surface area (Å²) >= 11 is 0. The second-order valence-corrected chi connectivity index (χ2v) is 5.80. The summed E-state index contributed by atoms with van der Waals surface area (Å²) in [7, 11) is 0. The Morgan fingerprint density at radius 1 is 1.22 bits per heavy atom. The molecule has 3 nitrogen and oxygen atoms in total. The van der Waals surface area contributed by atoms with Crippen LogP contribution in [0.3, 0.4) is 0 Å². The molecule has 1 saturated heterocycles. The third kappa shape index (κ3) is 2.91. The van der Waals surface area contributed by atoms with E-state index < -0.39 is 0 Å². The monoisotopic (exact) mass is 245 g/mol. The first kappa shape index (κ1) is 13.1. The van der Waals surface area contributed by atoms with Crippen molar-refractivity contribution in [3.63, 3.8) is 0 Å². The zero-order valence-electron chi connectivity index (χ0n) is 11.7. The maximum atomic E-state index is 4.46. The van der Waals surface area contributed by atoms with Crippen LogP contribution in [-0.2, 0) is 0 Å². The van der Waals surface area contributed by atoms with E-state index in [0.717, 1.165) is 37.6 Å². The fourth-order valence-electron chi connectivity index (χ4n) is 2.34. The average molecular weight is 245 g/mol. The van der Waals surface area contributed by atoms with E-state index in [9.17, 15) is 0 Å². The molecule has 2 heterocycles. The summed E-state index contributed by atoms with van der Waals surface area (Å²) in [5.74, 6) is 1.07. The summed E-state index contributed by atoms with van der Waals surface area (Å²) in [6.45, 7) is 14.9. The number of anilines is 1. The van der Waals surface area contributed by atoms with E-state index in [-0.39, 0.29) is 5.54 Å². The highest BCUT2D eigenvalue weighted by molar-refractivity contribution is 5.53. The number of hydrogen-bond donors (Lipinski definition) is 0. The molecule has 3 heteroatoms. The maximum absolute atomic E-state index is 4.46. The van der Waals surface area contributed by atoms with Crippen molar-refractivity contribution in [2.75, 3.05) is 31.1 Å². The molecule has 2 rings (SSSR count). The molecule has 0 radical (unpaired) electrons. The van der Waals surface area contributed by atoms with Gasteiger partial charge in [-0.3, -0.25) is 4.90 Å². The van der Waals surface area contributed by atoms with Gasteiger partial charge in [0.2, 0.25) is 0 Å². The molecule has 1 aromatic rings. The van der Waals surface area contributed by atoms with Gasteiger partial charge in [0.25, 0.3) is 0 Å². The van der Waals surface area contributed by atoms with Crippen LogP contribution in [0.15, 0.2) is 24.9 Å². The first-order valence-corrected chi connectivity index (χ1v) is 6.59. The van der Waals surface area contributed by atoms with Crippen molar-refractivity contribution in [2.24, 2.45) is 0 Å². The Morgan fingerprint density at radius 3 is 2.44 bits per heavy atom. The lowest BCUT2D eigenvalue weighted by atomic mass is 10.0. The van der Waals surface area contributed by atoms with Gasteiger partial charge in [-0.2, -0.15) is 0 Å². The van der Waals surface area contributed by atoms with Crippen LogP contribution in [0.2, 0.25) is 0 Å². The van der Waals surface area contributed by atoms with Crippen molar-refractivity contribution in [2.45, 2.75) is 26.3 Å². The molecular weight excluding hydrogens is 222 g/mol. The second-order valence-electron chi connectivity index (χ2n) is 5.80. The number of pyridine rings is 1. The second kappa shape index (κ2) is 5.11. The molecule has 1 fully saturated rings. The van der Waals surface area contributed by atoms with E-state index >= 15 is 0 Å². The molecule has 98 valence electrons. The largest absolute Gasteiger partial charge is 0.354 e. The zero-order chi connectivity index (χ0) is 13.2. The molecule has 0 N–H and O–H groups in total. The minimum absolute atomic E-state index is 0.266. The number of piperazine rings is 1. The van der Waals surface area contributed by atoms with Gasteiger partial charge in [-0.25, -0.2) is 4.98 Å². The van der Waals surface area contributed by atoms with E-state index in [1.807, 2.05) is 18.3 Å². The first-order valence-electron chi connectivity index (χ1n) is 6.59. The van der Waals surface area contributed by atoms with Crippen LogP contribution < -0.4 is 4.90 Å². The van der Waals surface area contributed by atoms with Gasteiger partial charge in [0.15, 0.2) is 0 Å². The van der Waals surface area contributed by atoms with Gasteiger partial charge >= 0.3 is 0 Å². The van der Waals surface area contributed by atoms with E-state index in [4.69, 9.17) is 0 Å². The van der Waals surface area contributed by atoms with E-state index in [2.05, 4.69) is 48.2 Å². The highest BCUT2D eigenvalue weighted by Crippen LogP contribution is 2.20. The van der Waals surface area contributed by atoms with Crippen molar-refractivity contribution >= 4 is 11.9 Å². The Labute approximate surface area is 110 Å². The molecule has 0 saturated carbocycles. The summed E-state index contributed by atoms with van der Waals surface area (Å²) in [5, 5.41) is 0. The van der Waals surface area contributed by atoms with Crippen molar-refractivity contribution in [1.82, 2.24) is 9.88 Å². The number of hydrogen-bond acceptors (Lipinski definition) is 3. The highest BCUT2D eigenvalue weighted by atomic mass is 15.3. The van der Waals surface area contributed by atoms with Gasteiger partial charge in [-0.15, -0.1) is 0 Å². The average Bonchev–Trinajstić information content (AvgIpc) is 2.38. The molecule has 1 aromatic heterocycles. The quantitative estimate of drug-likeness (QED) is 0.798. The van der Waals surface area contributed by atoms with Gasteiger partial charge in [-0.05, 0) is 38.5 Å². The van der Waals surface area contributed by atoms with Crippen molar-refractivity contribution in [1.29, 1.82) is 0 Å². The van der Waals surface area contributed by atoms with Crippen LogP contribution in [0, 0.1) is 0 Å². The smallest absolute Gasteiger partial charge is 0.129 e. The topological polar surface area (TPSA) is 19.4 Å². The van der Waals surface area contributed by atoms with Crippen LogP contribution >= 0.6 is 0 Å². The molecule has 0 spiro atoms. The Balaban J connectivity index is 2.03. The predicted octanol–water partition coefficient (Wildman–Crippen LogP) is 2.65. The normalized spacial score (nSPS) is 17.8. The molecule has 18 heavy (non-hydrogen) atoms. The summed E-state index contributed by atoms with van der Waals surface area (Å²) in [6, 6.07) is 4.10. The molecule has 1 aliphatic heterocycles. The van der Waals surface area contributed by atoms with E-state index in [0.29, 0.717) is 0 Å². The van der Waals surface area contributed by atoms with E-state index in [1.54, 1.807) is 0 Å². The summed E-state index contributed by atoms with van der Waals surface area (Å²) in [5.41, 5.74) is 1.40. The lowest BCUT2D eigenvalue weighted by Gasteiger charge is -2.42. The number of aromatic nitrogens is 1. The minimum Gasteiger partial charge on any atom is -0.354 e. The predicted molar refractivity (Wildman–Crippen MR) is 77.9 cm³/mol. The van der Waals surface area contributed by atoms with Crippen LogP contribution in [0.4, 0.5) is 5.82 Å². The third-order valence-electron chi connectivity index (χ3n) is 3.56. The summed E-state index contributed by atoms with van der Waals surface area (Å²) in [6.07, 6.45) is 3.74. The van der Waals surface area contributed by atoms with Crippen LogP contribution in [0.1, 0.15) is 26.3 Å². The van der Waals surface area contributed by atoms with Crippen LogP contribution in [0.5, 0.6) is 0 Å².